The van der Waals surface area contributed by atoms with E-state index in [-0.39, 0.29) is 0 Å². The summed E-state index contributed by atoms with van der Waals surface area (Å²) in [5.74, 6) is 0. The van der Waals surface area contributed by atoms with Crippen LogP contribution in [0.3, 0.4) is 0 Å². The second kappa shape index (κ2) is 9.50. The SMILES string of the molecule is CCCCCCCCNc1cc(-c2ccccc2)cc(C(F)(F)F)c1. The Morgan fingerprint density at radius 2 is 1.48 bits per heavy atom. The summed E-state index contributed by atoms with van der Waals surface area (Å²) >= 11 is 0. The molecule has 0 aliphatic rings. The van der Waals surface area contributed by atoms with Gasteiger partial charge in [0.1, 0.15) is 0 Å². The standard InChI is InChI=1S/C21H26F3N/c1-2-3-4-5-6-10-13-25-20-15-18(17-11-8-7-9-12-17)14-19(16-20)21(22,23)24/h7-9,11-12,14-16,25H,2-6,10,13H2,1H3. The highest BCUT2D eigenvalue weighted by Crippen LogP contribution is 2.34. The van der Waals surface area contributed by atoms with Crippen LogP contribution in [-0.2, 0) is 6.18 Å². The van der Waals surface area contributed by atoms with Crippen molar-refractivity contribution in [2.24, 2.45) is 0 Å². The van der Waals surface area contributed by atoms with Gasteiger partial charge in [0.05, 0.1) is 5.56 Å². The quantitative estimate of drug-likeness (QED) is 0.474. The number of alkyl halides is 3. The van der Waals surface area contributed by atoms with Crippen molar-refractivity contribution in [2.75, 3.05) is 11.9 Å². The van der Waals surface area contributed by atoms with Gasteiger partial charge >= 0.3 is 6.18 Å². The van der Waals surface area contributed by atoms with E-state index in [1.54, 1.807) is 6.07 Å². The minimum absolute atomic E-state index is 0.530. The van der Waals surface area contributed by atoms with Gasteiger partial charge < -0.3 is 5.32 Å². The van der Waals surface area contributed by atoms with Gasteiger partial charge in [0.15, 0.2) is 0 Å². The van der Waals surface area contributed by atoms with Crippen molar-refractivity contribution in [1.29, 1.82) is 0 Å². The Hall–Kier alpha value is -1.97. The van der Waals surface area contributed by atoms with E-state index in [4.69, 9.17) is 0 Å². The van der Waals surface area contributed by atoms with E-state index in [2.05, 4.69) is 12.2 Å². The first-order valence-corrected chi connectivity index (χ1v) is 9.02. The maximum absolute atomic E-state index is 13.2. The smallest absolute Gasteiger partial charge is 0.385 e. The summed E-state index contributed by atoms with van der Waals surface area (Å²) in [6, 6.07) is 13.4. The molecule has 0 fully saturated rings. The molecular weight excluding hydrogens is 323 g/mol. The van der Waals surface area contributed by atoms with Crippen molar-refractivity contribution in [3.8, 4) is 11.1 Å². The fourth-order valence-electron chi connectivity index (χ4n) is 2.83. The first-order valence-electron chi connectivity index (χ1n) is 9.02. The monoisotopic (exact) mass is 349 g/mol. The summed E-state index contributed by atoms with van der Waals surface area (Å²) in [5, 5.41) is 3.16. The van der Waals surface area contributed by atoms with Crippen molar-refractivity contribution in [1.82, 2.24) is 0 Å². The fourth-order valence-corrected chi connectivity index (χ4v) is 2.83. The summed E-state index contributed by atoms with van der Waals surface area (Å²) in [6.45, 7) is 2.88. The van der Waals surface area contributed by atoms with Gasteiger partial charge in [0, 0.05) is 12.2 Å². The largest absolute Gasteiger partial charge is 0.416 e. The third-order valence-corrected chi connectivity index (χ3v) is 4.23. The van der Waals surface area contributed by atoms with Crippen LogP contribution in [0.25, 0.3) is 11.1 Å². The molecule has 136 valence electrons. The Balaban J connectivity index is 2.04. The van der Waals surface area contributed by atoms with Crippen molar-refractivity contribution < 1.29 is 13.2 Å². The molecule has 0 aliphatic heterocycles. The highest BCUT2D eigenvalue weighted by molar-refractivity contribution is 5.69. The third-order valence-electron chi connectivity index (χ3n) is 4.23. The number of nitrogens with one attached hydrogen (secondary N) is 1. The molecule has 0 saturated carbocycles. The van der Waals surface area contributed by atoms with Crippen LogP contribution in [0.1, 0.15) is 51.0 Å². The lowest BCUT2D eigenvalue weighted by molar-refractivity contribution is -0.137. The zero-order valence-corrected chi connectivity index (χ0v) is 14.7. The maximum atomic E-state index is 13.2. The first kappa shape index (κ1) is 19.4. The van der Waals surface area contributed by atoms with Crippen LogP contribution in [-0.4, -0.2) is 6.54 Å². The molecule has 2 rings (SSSR count). The second-order valence-corrected chi connectivity index (χ2v) is 6.36. The number of anilines is 1. The van der Waals surface area contributed by atoms with Gasteiger partial charge in [-0.1, -0.05) is 69.4 Å². The Bertz CT molecular complexity index is 635. The van der Waals surface area contributed by atoms with Crippen LogP contribution in [0.5, 0.6) is 0 Å². The zero-order valence-electron chi connectivity index (χ0n) is 14.7. The number of rotatable bonds is 9. The zero-order chi connectivity index (χ0) is 18.1. The number of halogens is 3. The highest BCUT2D eigenvalue weighted by Gasteiger charge is 2.31. The Labute approximate surface area is 148 Å². The van der Waals surface area contributed by atoms with E-state index >= 15 is 0 Å². The molecule has 0 saturated heterocycles. The van der Waals surface area contributed by atoms with Crippen LogP contribution >= 0.6 is 0 Å². The summed E-state index contributed by atoms with van der Waals surface area (Å²) in [5.41, 5.74) is 1.29. The van der Waals surface area contributed by atoms with Gasteiger partial charge in [0.2, 0.25) is 0 Å². The molecule has 1 nitrogen and oxygen atoms in total. The van der Waals surface area contributed by atoms with Gasteiger partial charge in [-0.2, -0.15) is 13.2 Å². The number of hydrogen-bond donors (Lipinski definition) is 1. The fraction of sp³-hybridized carbons (Fsp3) is 0.429. The summed E-state index contributed by atoms with van der Waals surface area (Å²) in [6.07, 6.45) is 2.62. The molecular formula is C21H26F3N. The maximum Gasteiger partial charge on any atom is 0.416 e. The van der Waals surface area contributed by atoms with Crippen molar-refractivity contribution in [2.45, 2.75) is 51.6 Å². The summed E-state index contributed by atoms with van der Waals surface area (Å²) in [4.78, 5) is 0. The number of hydrogen-bond acceptors (Lipinski definition) is 1. The topological polar surface area (TPSA) is 12.0 Å². The van der Waals surface area contributed by atoms with E-state index < -0.39 is 11.7 Å². The molecule has 1 N–H and O–H groups in total. The van der Waals surface area contributed by atoms with Gasteiger partial charge in [-0.3, -0.25) is 0 Å². The molecule has 0 spiro atoms. The predicted octanol–water partition coefficient (Wildman–Crippen LogP) is 7.14. The molecule has 25 heavy (non-hydrogen) atoms. The third kappa shape index (κ3) is 6.45. The van der Waals surface area contributed by atoms with E-state index in [0.29, 0.717) is 17.8 Å². The van der Waals surface area contributed by atoms with Gasteiger partial charge in [0.25, 0.3) is 0 Å². The molecule has 0 aromatic heterocycles. The lowest BCUT2D eigenvalue weighted by Gasteiger charge is -2.14. The average Bonchev–Trinajstić information content (AvgIpc) is 2.61. The molecule has 0 radical (unpaired) electrons. The normalized spacial score (nSPS) is 11.5. The molecule has 0 heterocycles. The lowest BCUT2D eigenvalue weighted by Crippen LogP contribution is -2.08. The lowest BCUT2D eigenvalue weighted by atomic mass is 10.0. The predicted molar refractivity (Wildman–Crippen MR) is 98.7 cm³/mol. The van der Waals surface area contributed by atoms with E-state index in [1.165, 1.54) is 37.8 Å². The van der Waals surface area contributed by atoms with Crippen LogP contribution in [0.2, 0.25) is 0 Å². The Kier molecular flexibility index (Phi) is 7.35. The number of benzene rings is 2. The summed E-state index contributed by atoms with van der Waals surface area (Å²) in [7, 11) is 0. The van der Waals surface area contributed by atoms with Gasteiger partial charge in [-0.25, -0.2) is 0 Å². The minimum Gasteiger partial charge on any atom is -0.385 e. The second-order valence-electron chi connectivity index (χ2n) is 6.36. The molecule has 2 aromatic carbocycles. The van der Waals surface area contributed by atoms with E-state index in [1.807, 2.05) is 30.3 Å². The highest BCUT2D eigenvalue weighted by atomic mass is 19.4. The number of unbranched alkanes of at least 4 members (excludes halogenated alkanes) is 5. The van der Waals surface area contributed by atoms with Gasteiger partial charge in [-0.15, -0.1) is 0 Å². The molecule has 0 atom stereocenters. The molecule has 0 amide bonds. The van der Waals surface area contributed by atoms with Crippen molar-refractivity contribution >= 4 is 5.69 Å². The van der Waals surface area contributed by atoms with E-state index in [9.17, 15) is 13.2 Å². The summed E-state index contributed by atoms with van der Waals surface area (Å²) < 4.78 is 39.6. The Morgan fingerprint density at radius 3 is 2.16 bits per heavy atom. The molecule has 0 unspecified atom stereocenters. The van der Waals surface area contributed by atoms with Crippen LogP contribution < -0.4 is 5.32 Å². The minimum atomic E-state index is -4.35. The molecule has 0 bridgehead atoms. The molecule has 0 aliphatic carbocycles. The first-order chi connectivity index (χ1) is 12.0. The molecule has 4 heteroatoms. The van der Waals surface area contributed by atoms with E-state index in [0.717, 1.165) is 18.4 Å². The Morgan fingerprint density at radius 1 is 0.800 bits per heavy atom. The van der Waals surface area contributed by atoms with Crippen molar-refractivity contribution in [3.05, 3.63) is 54.1 Å². The molecule has 2 aromatic rings. The van der Waals surface area contributed by atoms with Gasteiger partial charge in [-0.05, 0) is 35.7 Å². The van der Waals surface area contributed by atoms with Crippen LogP contribution in [0, 0.1) is 0 Å². The van der Waals surface area contributed by atoms with Crippen molar-refractivity contribution in [3.63, 3.8) is 0 Å². The van der Waals surface area contributed by atoms with Crippen LogP contribution in [0.4, 0.5) is 18.9 Å². The average molecular weight is 349 g/mol. The van der Waals surface area contributed by atoms with Crippen LogP contribution in [0.15, 0.2) is 48.5 Å².